The second kappa shape index (κ2) is 5.51. The number of amides is 2. The van der Waals surface area contributed by atoms with Crippen LogP contribution in [0.5, 0.6) is 0 Å². The summed E-state index contributed by atoms with van der Waals surface area (Å²) in [4.78, 5) is 23.0. The van der Waals surface area contributed by atoms with Gasteiger partial charge in [-0.05, 0) is 37.5 Å². The van der Waals surface area contributed by atoms with E-state index in [1.807, 2.05) is 12.1 Å². The van der Waals surface area contributed by atoms with Crippen molar-refractivity contribution in [3.05, 3.63) is 29.3 Å². The minimum atomic E-state index is -1.20. The minimum Gasteiger partial charge on any atom is -0.480 e. The average molecular weight is 284 g/mol. The number of hydrogen-bond acceptors (Lipinski definition) is 4. The Morgan fingerprint density at radius 3 is 2.33 bits per heavy atom. The SMILES string of the molecule is N#Cc1ccc(NC(=O)NC2(C(=O)O)CCC2)cc1C#N. The van der Waals surface area contributed by atoms with Crippen molar-refractivity contribution in [3.8, 4) is 12.1 Å². The van der Waals surface area contributed by atoms with Crippen molar-refractivity contribution in [2.75, 3.05) is 5.32 Å². The number of carbonyl (C=O) groups is 2. The Hall–Kier alpha value is -3.06. The van der Waals surface area contributed by atoms with Crippen LogP contribution in [0.2, 0.25) is 0 Å². The van der Waals surface area contributed by atoms with Crippen LogP contribution in [0.15, 0.2) is 18.2 Å². The smallest absolute Gasteiger partial charge is 0.329 e. The molecule has 0 heterocycles. The zero-order chi connectivity index (χ0) is 15.5. The Kier molecular flexibility index (Phi) is 3.77. The van der Waals surface area contributed by atoms with Crippen LogP contribution in [0.1, 0.15) is 30.4 Å². The zero-order valence-electron chi connectivity index (χ0n) is 11.0. The maximum atomic E-state index is 11.8. The highest BCUT2D eigenvalue weighted by atomic mass is 16.4. The van der Waals surface area contributed by atoms with Crippen molar-refractivity contribution in [2.45, 2.75) is 24.8 Å². The number of rotatable bonds is 3. The Morgan fingerprint density at radius 2 is 1.86 bits per heavy atom. The minimum absolute atomic E-state index is 0.145. The summed E-state index contributed by atoms with van der Waals surface area (Å²) in [6.45, 7) is 0. The lowest BCUT2D eigenvalue weighted by molar-refractivity contribution is -0.148. The number of anilines is 1. The number of carboxylic acid groups (broad SMARTS) is 1. The predicted molar refractivity (Wildman–Crippen MR) is 72.2 cm³/mol. The summed E-state index contributed by atoms with van der Waals surface area (Å²) in [5.41, 5.74) is -0.520. The molecule has 1 aliphatic rings. The van der Waals surface area contributed by atoms with Gasteiger partial charge in [0, 0.05) is 5.69 Å². The summed E-state index contributed by atoms with van der Waals surface area (Å²) in [5, 5.41) is 31.8. The summed E-state index contributed by atoms with van der Waals surface area (Å²) >= 11 is 0. The number of nitriles is 2. The van der Waals surface area contributed by atoms with E-state index >= 15 is 0 Å². The summed E-state index contributed by atoms with van der Waals surface area (Å²) in [6.07, 6.45) is 1.54. The second-order valence-electron chi connectivity index (χ2n) is 4.80. The van der Waals surface area contributed by atoms with E-state index in [1.54, 1.807) is 0 Å². The lowest BCUT2D eigenvalue weighted by Gasteiger charge is -2.38. The highest BCUT2D eigenvalue weighted by Crippen LogP contribution is 2.32. The monoisotopic (exact) mass is 284 g/mol. The van der Waals surface area contributed by atoms with Crippen LogP contribution < -0.4 is 10.6 Å². The van der Waals surface area contributed by atoms with Gasteiger partial charge in [0.25, 0.3) is 0 Å². The molecule has 7 heteroatoms. The number of carbonyl (C=O) groups excluding carboxylic acids is 1. The van der Waals surface area contributed by atoms with Crippen molar-refractivity contribution < 1.29 is 14.7 Å². The molecule has 3 N–H and O–H groups in total. The highest BCUT2D eigenvalue weighted by molar-refractivity contribution is 5.94. The summed E-state index contributed by atoms with van der Waals surface area (Å²) in [5.74, 6) is -1.05. The van der Waals surface area contributed by atoms with Crippen LogP contribution in [-0.2, 0) is 4.79 Å². The van der Waals surface area contributed by atoms with Gasteiger partial charge in [-0.2, -0.15) is 10.5 Å². The Bertz CT molecular complexity index is 680. The number of benzene rings is 1. The third-order valence-electron chi connectivity index (χ3n) is 3.49. The molecule has 0 aromatic heterocycles. The number of aliphatic carboxylic acids is 1. The Morgan fingerprint density at radius 1 is 1.19 bits per heavy atom. The molecule has 0 bridgehead atoms. The van der Waals surface area contributed by atoms with Crippen LogP contribution in [0.25, 0.3) is 0 Å². The molecule has 1 aromatic rings. The molecule has 0 saturated heterocycles. The van der Waals surface area contributed by atoms with Gasteiger partial charge in [-0.15, -0.1) is 0 Å². The van der Waals surface area contributed by atoms with Gasteiger partial charge < -0.3 is 15.7 Å². The lowest BCUT2D eigenvalue weighted by atomic mass is 9.77. The van der Waals surface area contributed by atoms with Crippen LogP contribution in [0.4, 0.5) is 10.5 Å². The number of carboxylic acids is 1. The molecule has 2 amide bonds. The number of nitrogens with one attached hydrogen (secondary N) is 2. The second-order valence-corrected chi connectivity index (χ2v) is 4.80. The van der Waals surface area contributed by atoms with E-state index in [9.17, 15) is 9.59 Å². The molecule has 0 spiro atoms. The summed E-state index contributed by atoms with van der Waals surface area (Å²) in [6, 6.07) is 7.35. The Balaban J connectivity index is 2.09. The van der Waals surface area contributed by atoms with Crippen LogP contribution in [0.3, 0.4) is 0 Å². The van der Waals surface area contributed by atoms with Crippen LogP contribution in [-0.4, -0.2) is 22.6 Å². The van der Waals surface area contributed by atoms with Crippen molar-refractivity contribution in [1.29, 1.82) is 10.5 Å². The molecule has 2 rings (SSSR count). The molecule has 1 fully saturated rings. The maximum absolute atomic E-state index is 11.8. The van der Waals surface area contributed by atoms with E-state index in [-0.39, 0.29) is 11.1 Å². The summed E-state index contributed by atoms with van der Waals surface area (Å²) in [7, 11) is 0. The molecule has 1 aliphatic carbocycles. The first-order valence-corrected chi connectivity index (χ1v) is 6.27. The van der Waals surface area contributed by atoms with Gasteiger partial charge in [-0.25, -0.2) is 9.59 Å². The zero-order valence-corrected chi connectivity index (χ0v) is 11.0. The van der Waals surface area contributed by atoms with Gasteiger partial charge in [-0.3, -0.25) is 0 Å². The predicted octanol–water partition coefficient (Wildman–Crippen LogP) is 1.56. The number of nitrogens with zero attached hydrogens (tertiary/aromatic N) is 2. The quantitative estimate of drug-likeness (QED) is 0.776. The van der Waals surface area contributed by atoms with E-state index in [4.69, 9.17) is 15.6 Å². The van der Waals surface area contributed by atoms with Crippen molar-refractivity contribution in [3.63, 3.8) is 0 Å². The molecule has 7 nitrogen and oxygen atoms in total. The molecular formula is C14H12N4O3. The number of hydrogen-bond donors (Lipinski definition) is 3. The highest BCUT2D eigenvalue weighted by Gasteiger charge is 2.45. The van der Waals surface area contributed by atoms with Crippen molar-refractivity contribution in [2.24, 2.45) is 0 Å². The lowest BCUT2D eigenvalue weighted by Crippen LogP contribution is -2.60. The van der Waals surface area contributed by atoms with E-state index < -0.39 is 17.5 Å². The largest absolute Gasteiger partial charge is 0.480 e. The average Bonchev–Trinajstić information content (AvgIpc) is 2.42. The van der Waals surface area contributed by atoms with E-state index in [1.165, 1.54) is 18.2 Å². The van der Waals surface area contributed by atoms with Gasteiger partial charge >= 0.3 is 12.0 Å². The third-order valence-corrected chi connectivity index (χ3v) is 3.49. The molecule has 106 valence electrons. The fourth-order valence-electron chi connectivity index (χ4n) is 2.11. The first-order valence-electron chi connectivity index (χ1n) is 6.27. The first-order chi connectivity index (χ1) is 10.0. The molecular weight excluding hydrogens is 272 g/mol. The normalized spacial score (nSPS) is 15.0. The van der Waals surface area contributed by atoms with Crippen molar-refractivity contribution in [1.82, 2.24) is 5.32 Å². The van der Waals surface area contributed by atoms with Gasteiger partial charge in [0.15, 0.2) is 0 Å². The number of urea groups is 1. The van der Waals surface area contributed by atoms with Gasteiger partial charge in [-0.1, -0.05) is 0 Å². The van der Waals surface area contributed by atoms with E-state index in [0.717, 1.165) is 6.42 Å². The van der Waals surface area contributed by atoms with Gasteiger partial charge in [0.2, 0.25) is 0 Å². The molecule has 0 aliphatic heterocycles. The van der Waals surface area contributed by atoms with Crippen LogP contribution >= 0.6 is 0 Å². The summed E-state index contributed by atoms with van der Waals surface area (Å²) < 4.78 is 0. The van der Waals surface area contributed by atoms with E-state index in [0.29, 0.717) is 18.5 Å². The molecule has 0 atom stereocenters. The van der Waals surface area contributed by atoms with Gasteiger partial charge in [0.1, 0.15) is 17.7 Å². The van der Waals surface area contributed by atoms with Gasteiger partial charge in [0.05, 0.1) is 11.1 Å². The molecule has 0 unspecified atom stereocenters. The standard InChI is InChI=1S/C14H12N4O3/c15-7-9-2-3-11(6-10(9)8-16)17-13(21)18-14(12(19)20)4-1-5-14/h2-3,6H,1,4-5H2,(H,19,20)(H2,17,18,21). The molecule has 1 saturated carbocycles. The molecule has 0 radical (unpaired) electrons. The fourth-order valence-corrected chi connectivity index (χ4v) is 2.11. The Labute approximate surface area is 120 Å². The fraction of sp³-hybridized carbons (Fsp3) is 0.286. The van der Waals surface area contributed by atoms with Crippen LogP contribution in [0, 0.1) is 22.7 Å². The van der Waals surface area contributed by atoms with Crippen molar-refractivity contribution >= 4 is 17.7 Å². The maximum Gasteiger partial charge on any atom is 0.329 e. The molecule has 1 aromatic carbocycles. The first kappa shape index (κ1) is 14.4. The molecule has 21 heavy (non-hydrogen) atoms. The third kappa shape index (κ3) is 2.77. The topological polar surface area (TPSA) is 126 Å². The van der Waals surface area contributed by atoms with E-state index in [2.05, 4.69) is 10.6 Å².